The summed E-state index contributed by atoms with van der Waals surface area (Å²) < 4.78 is 23.3. The van der Waals surface area contributed by atoms with Crippen molar-refractivity contribution in [3.05, 3.63) is 11.5 Å². The summed E-state index contributed by atoms with van der Waals surface area (Å²) in [6.07, 6.45) is 3.50. The van der Waals surface area contributed by atoms with Gasteiger partial charge in [0.15, 0.2) is 9.84 Å². The van der Waals surface area contributed by atoms with E-state index in [0.29, 0.717) is 12.8 Å². The molecule has 1 fully saturated rings. The molecule has 0 aliphatic heterocycles. The van der Waals surface area contributed by atoms with Crippen LogP contribution in [-0.4, -0.2) is 23.9 Å². The largest absolute Gasteiger partial charge is 0.390 e. The SMILES string of the molecule is C=C(CC1(O)CCCC1)S(=O)(=O)C(C)(C)C. The third kappa shape index (κ3) is 2.66. The second-order valence-corrected chi connectivity index (χ2v) is 8.57. The molecule has 0 aromatic heterocycles. The van der Waals surface area contributed by atoms with Gasteiger partial charge in [-0.25, -0.2) is 8.42 Å². The number of hydrogen-bond acceptors (Lipinski definition) is 3. The van der Waals surface area contributed by atoms with Crippen LogP contribution in [0.1, 0.15) is 52.9 Å². The van der Waals surface area contributed by atoms with E-state index in [1.54, 1.807) is 20.8 Å². The van der Waals surface area contributed by atoms with Crippen LogP contribution in [0.3, 0.4) is 0 Å². The molecular weight excluding hydrogens is 224 g/mol. The summed E-state index contributed by atoms with van der Waals surface area (Å²) in [6, 6.07) is 0. The number of rotatable bonds is 3. The van der Waals surface area contributed by atoms with Crippen LogP contribution in [-0.2, 0) is 9.84 Å². The Morgan fingerprint density at radius 1 is 1.31 bits per heavy atom. The van der Waals surface area contributed by atoms with E-state index in [1.165, 1.54) is 0 Å². The molecule has 0 heterocycles. The minimum Gasteiger partial charge on any atom is -0.390 e. The van der Waals surface area contributed by atoms with Crippen molar-refractivity contribution in [1.29, 1.82) is 0 Å². The Morgan fingerprint density at radius 3 is 2.12 bits per heavy atom. The second kappa shape index (κ2) is 4.15. The van der Waals surface area contributed by atoms with Crippen LogP contribution in [0, 0.1) is 0 Å². The predicted octanol–water partition coefficient (Wildman–Crippen LogP) is 2.41. The van der Waals surface area contributed by atoms with Crippen LogP contribution < -0.4 is 0 Å². The van der Waals surface area contributed by atoms with Gasteiger partial charge in [0, 0.05) is 11.3 Å². The van der Waals surface area contributed by atoms with Gasteiger partial charge < -0.3 is 5.11 Å². The fourth-order valence-corrected chi connectivity index (χ4v) is 3.43. The zero-order valence-electron chi connectivity index (χ0n) is 10.4. The van der Waals surface area contributed by atoms with Crippen LogP contribution in [0.5, 0.6) is 0 Å². The van der Waals surface area contributed by atoms with Crippen molar-refractivity contribution in [2.24, 2.45) is 0 Å². The average molecular weight is 246 g/mol. The van der Waals surface area contributed by atoms with E-state index in [9.17, 15) is 13.5 Å². The van der Waals surface area contributed by atoms with Gasteiger partial charge in [0.1, 0.15) is 0 Å². The molecule has 3 nitrogen and oxygen atoms in total. The van der Waals surface area contributed by atoms with E-state index >= 15 is 0 Å². The van der Waals surface area contributed by atoms with Gasteiger partial charge >= 0.3 is 0 Å². The predicted molar refractivity (Wildman–Crippen MR) is 65.8 cm³/mol. The molecule has 0 aromatic rings. The Labute approximate surface area is 98.5 Å². The summed E-state index contributed by atoms with van der Waals surface area (Å²) in [5.41, 5.74) is -0.838. The third-order valence-electron chi connectivity index (χ3n) is 3.25. The molecule has 0 bridgehead atoms. The lowest BCUT2D eigenvalue weighted by atomic mass is 9.98. The summed E-state index contributed by atoms with van der Waals surface area (Å²) in [5, 5.41) is 10.2. The van der Waals surface area contributed by atoms with Crippen molar-refractivity contribution < 1.29 is 13.5 Å². The monoisotopic (exact) mass is 246 g/mol. The number of hydrogen-bond donors (Lipinski definition) is 1. The molecule has 1 aliphatic rings. The molecule has 0 unspecified atom stereocenters. The quantitative estimate of drug-likeness (QED) is 0.832. The van der Waals surface area contributed by atoms with Crippen LogP contribution in [0.4, 0.5) is 0 Å². The van der Waals surface area contributed by atoms with Crippen LogP contribution in [0.2, 0.25) is 0 Å². The topological polar surface area (TPSA) is 54.4 Å². The summed E-state index contributed by atoms with van der Waals surface area (Å²) in [4.78, 5) is 0.171. The fourth-order valence-electron chi connectivity index (χ4n) is 2.10. The molecule has 1 N–H and O–H groups in total. The van der Waals surface area contributed by atoms with E-state index in [1.807, 2.05) is 0 Å². The summed E-state index contributed by atoms with van der Waals surface area (Å²) >= 11 is 0. The first-order chi connectivity index (χ1) is 7.08. The molecule has 16 heavy (non-hydrogen) atoms. The normalized spacial score (nSPS) is 21.0. The van der Waals surface area contributed by atoms with Gasteiger partial charge in [-0.05, 0) is 33.6 Å². The molecule has 94 valence electrons. The zero-order valence-corrected chi connectivity index (χ0v) is 11.2. The van der Waals surface area contributed by atoms with E-state index in [2.05, 4.69) is 6.58 Å². The van der Waals surface area contributed by atoms with Crippen molar-refractivity contribution in [2.75, 3.05) is 0 Å². The van der Waals surface area contributed by atoms with E-state index in [-0.39, 0.29) is 11.3 Å². The van der Waals surface area contributed by atoms with Crippen molar-refractivity contribution in [3.63, 3.8) is 0 Å². The molecule has 0 saturated heterocycles. The first-order valence-electron chi connectivity index (χ1n) is 5.73. The number of aliphatic hydroxyl groups is 1. The fraction of sp³-hybridized carbons (Fsp3) is 0.833. The lowest BCUT2D eigenvalue weighted by Crippen LogP contribution is -2.33. The van der Waals surface area contributed by atoms with Gasteiger partial charge in [-0.3, -0.25) is 0 Å². The molecule has 4 heteroatoms. The second-order valence-electron chi connectivity index (χ2n) is 5.76. The molecule has 0 aromatic carbocycles. The van der Waals surface area contributed by atoms with Gasteiger partial charge in [0.2, 0.25) is 0 Å². The van der Waals surface area contributed by atoms with E-state index in [4.69, 9.17) is 0 Å². The van der Waals surface area contributed by atoms with Crippen LogP contribution in [0.15, 0.2) is 11.5 Å². The van der Waals surface area contributed by atoms with Crippen LogP contribution >= 0.6 is 0 Å². The summed E-state index contributed by atoms with van der Waals surface area (Å²) in [6.45, 7) is 8.63. The Kier molecular flexibility index (Phi) is 3.56. The van der Waals surface area contributed by atoms with Crippen molar-refractivity contribution in [1.82, 2.24) is 0 Å². The van der Waals surface area contributed by atoms with Gasteiger partial charge in [-0.2, -0.15) is 0 Å². The maximum Gasteiger partial charge on any atom is 0.178 e. The van der Waals surface area contributed by atoms with E-state index < -0.39 is 20.2 Å². The minimum absolute atomic E-state index is 0.171. The highest BCUT2D eigenvalue weighted by atomic mass is 32.2. The molecule has 1 saturated carbocycles. The minimum atomic E-state index is -3.36. The summed E-state index contributed by atoms with van der Waals surface area (Å²) in [5.74, 6) is 0. The summed E-state index contributed by atoms with van der Waals surface area (Å²) in [7, 11) is -3.36. The highest BCUT2D eigenvalue weighted by molar-refractivity contribution is 7.96. The maximum absolute atomic E-state index is 12.1. The molecule has 0 radical (unpaired) electrons. The van der Waals surface area contributed by atoms with Gasteiger partial charge in [0.25, 0.3) is 0 Å². The standard InChI is InChI=1S/C12H22O3S/c1-10(16(14,15)11(2,3)4)9-12(13)7-5-6-8-12/h13H,1,5-9H2,2-4H3. The maximum atomic E-state index is 12.1. The first kappa shape index (κ1) is 13.7. The first-order valence-corrected chi connectivity index (χ1v) is 7.22. The van der Waals surface area contributed by atoms with Crippen molar-refractivity contribution in [2.45, 2.75) is 63.2 Å². The molecule has 1 aliphatic carbocycles. The lowest BCUT2D eigenvalue weighted by molar-refractivity contribution is 0.0498. The van der Waals surface area contributed by atoms with Gasteiger partial charge in [-0.15, -0.1) is 0 Å². The molecule has 0 amide bonds. The van der Waals surface area contributed by atoms with Crippen LogP contribution in [0.25, 0.3) is 0 Å². The van der Waals surface area contributed by atoms with Crippen molar-refractivity contribution in [3.8, 4) is 0 Å². The average Bonchev–Trinajstić information content (AvgIpc) is 2.49. The molecule has 0 atom stereocenters. The zero-order chi connectivity index (χ0) is 12.6. The lowest BCUT2D eigenvalue weighted by Gasteiger charge is -2.27. The Bertz CT molecular complexity index is 368. The van der Waals surface area contributed by atoms with Gasteiger partial charge in [0.05, 0.1) is 10.3 Å². The number of sulfone groups is 1. The molecule has 1 rings (SSSR count). The third-order valence-corrected chi connectivity index (χ3v) is 5.76. The highest BCUT2D eigenvalue weighted by Crippen LogP contribution is 2.37. The molecular formula is C12H22O3S. The molecule has 0 spiro atoms. The Hall–Kier alpha value is -0.350. The highest BCUT2D eigenvalue weighted by Gasteiger charge is 2.38. The van der Waals surface area contributed by atoms with Gasteiger partial charge in [-0.1, -0.05) is 19.4 Å². The van der Waals surface area contributed by atoms with Crippen molar-refractivity contribution >= 4 is 9.84 Å². The smallest absolute Gasteiger partial charge is 0.178 e. The Balaban J connectivity index is 2.81. The Morgan fingerprint density at radius 2 is 1.75 bits per heavy atom. The van der Waals surface area contributed by atoms with E-state index in [0.717, 1.165) is 12.8 Å².